The van der Waals surface area contributed by atoms with Crippen LogP contribution in [0, 0.1) is 0 Å². The van der Waals surface area contributed by atoms with Crippen LogP contribution in [0.1, 0.15) is 24.6 Å². The van der Waals surface area contributed by atoms with Gasteiger partial charge in [-0.05, 0) is 30.5 Å². The Hall–Kier alpha value is -1.30. The number of methoxy groups -OCH3 is 1. The number of phenols is 1. The van der Waals surface area contributed by atoms with Gasteiger partial charge in [0, 0.05) is 12.6 Å². The number of rotatable bonds is 4. The highest BCUT2D eigenvalue weighted by Gasteiger charge is 2.42. The predicted octanol–water partition coefficient (Wildman–Crippen LogP) is 1.25. The van der Waals surface area contributed by atoms with Crippen LogP contribution in [-0.4, -0.2) is 47.5 Å². The summed E-state index contributed by atoms with van der Waals surface area (Å²) in [5.41, 5.74) is 0.904. The zero-order valence-electron chi connectivity index (χ0n) is 11.0. The third-order valence-corrected chi connectivity index (χ3v) is 3.74. The minimum atomic E-state index is -0.179. The first-order valence-electron chi connectivity index (χ1n) is 6.62. The van der Waals surface area contributed by atoms with E-state index >= 15 is 0 Å². The van der Waals surface area contributed by atoms with Gasteiger partial charge in [-0.3, -0.25) is 4.90 Å². The molecular weight excluding hydrogens is 246 g/mol. The molecule has 2 fully saturated rings. The third-order valence-electron chi connectivity index (χ3n) is 3.74. The zero-order chi connectivity index (χ0) is 13.4. The lowest BCUT2D eigenvalue weighted by Crippen LogP contribution is -2.27. The Morgan fingerprint density at radius 2 is 2.21 bits per heavy atom. The molecule has 1 saturated heterocycles. The number of phenolic OH excluding ortho intramolecular Hbond substituents is 1. The van der Waals surface area contributed by atoms with Gasteiger partial charge in [0.15, 0.2) is 11.5 Å². The van der Waals surface area contributed by atoms with Crippen LogP contribution < -0.4 is 4.74 Å². The quantitative estimate of drug-likeness (QED) is 0.858. The molecule has 1 aromatic rings. The first-order chi connectivity index (χ1) is 9.22. The molecule has 104 valence electrons. The summed E-state index contributed by atoms with van der Waals surface area (Å²) in [5.74, 6) is 0.574. The summed E-state index contributed by atoms with van der Waals surface area (Å²) in [4.78, 5) is 2.27. The van der Waals surface area contributed by atoms with Crippen LogP contribution in [0.5, 0.6) is 11.5 Å². The zero-order valence-corrected chi connectivity index (χ0v) is 11.0. The number of hydrogen-bond donors (Lipinski definition) is 2. The molecule has 1 aliphatic carbocycles. The Morgan fingerprint density at radius 1 is 1.42 bits per heavy atom. The van der Waals surface area contributed by atoms with Crippen molar-refractivity contribution in [3.05, 3.63) is 23.8 Å². The Balaban J connectivity index is 1.84. The molecule has 2 atom stereocenters. The molecule has 0 bridgehead atoms. The fraction of sp³-hybridized carbons (Fsp3) is 0.571. The van der Waals surface area contributed by atoms with E-state index < -0.39 is 0 Å². The maximum Gasteiger partial charge on any atom is 0.160 e. The average Bonchev–Trinajstić information content (AvgIpc) is 3.18. The van der Waals surface area contributed by atoms with Gasteiger partial charge in [0.25, 0.3) is 0 Å². The van der Waals surface area contributed by atoms with Crippen molar-refractivity contribution in [2.24, 2.45) is 0 Å². The molecule has 19 heavy (non-hydrogen) atoms. The van der Waals surface area contributed by atoms with Gasteiger partial charge in [-0.2, -0.15) is 0 Å². The van der Waals surface area contributed by atoms with Crippen LogP contribution in [0.4, 0.5) is 0 Å². The predicted molar refractivity (Wildman–Crippen MR) is 69.1 cm³/mol. The van der Waals surface area contributed by atoms with Crippen molar-refractivity contribution in [2.45, 2.75) is 31.2 Å². The Morgan fingerprint density at radius 3 is 2.79 bits per heavy atom. The van der Waals surface area contributed by atoms with Gasteiger partial charge in [0.1, 0.15) is 6.23 Å². The van der Waals surface area contributed by atoms with Crippen LogP contribution >= 0.6 is 0 Å². The van der Waals surface area contributed by atoms with Gasteiger partial charge in [-0.25, -0.2) is 0 Å². The third kappa shape index (κ3) is 2.41. The number of aliphatic hydroxyl groups is 1. The normalized spacial score (nSPS) is 27.7. The topological polar surface area (TPSA) is 62.2 Å². The molecule has 3 rings (SSSR count). The second-order valence-electron chi connectivity index (χ2n) is 5.15. The van der Waals surface area contributed by atoms with E-state index in [-0.39, 0.29) is 24.7 Å². The van der Waals surface area contributed by atoms with E-state index in [4.69, 9.17) is 9.47 Å². The summed E-state index contributed by atoms with van der Waals surface area (Å²) in [6, 6.07) is 5.87. The Bertz CT molecular complexity index is 461. The lowest BCUT2D eigenvalue weighted by molar-refractivity contribution is -0.0217. The van der Waals surface area contributed by atoms with Crippen molar-refractivity contribution in [3.63, 3.8) is 0 Å². The summed E-state index contributed by atoms with van der Waals surface area (Å²) in [6.07, 6.45) is 2.04. The molecule has 0 spiro atoms. The number of ether oxygens (including phenoxy) is 2. The molecule has 1 heterocycles. The molecule has 1 saturated carbocycles. The summed E-state index contributed by atoms with van der Waals surface area (Å²) in [7, 11) is 1.53. The molecule has 2 aliphatic rings. The highest BCUT2D eigenvalue weighted by Crippen LogP contribution is 2.41. The van der Waals surface area contributed by atoms with E-state index in [1.54, 1.807) is 12.1 Å². The highest BCUT2D eigenvalue weighted by atomic mass is 16.5. The van der Waals surface area contributed by atoms with Crippen LogP contribution in [0.2, 0.25) is 0 Å². The second-order valence-corrected chi connectivity index (χ2v) is 5.15. The van der Waals surface area contributed by atoms with Gasteiger partial charge < -0.3 is 19.7 Å². The summed E-state index contributed by atoms with van der Waals surface area (Å²) in [6.45, 7) is 0.778. The minimum absolute atomic E-state index is 0.0296. The van der Waals surface area contributed by atoms with Crippen molar-refractivity contribution in [2.75, 3.05) is 20.3 Å². The van der Waals surface area contributed by atoms with Crippen LogP contribution in [0.3, 0.4) is 0 Å². The Labute approximate surface area is 112 Å². The fourth-order valence-electron chi connectivity index (χ4n) is 2.61. The molecular formula is C14H19NO4. The SMILES string of the molecule is COc1ccc(C2OC(CO)CN2C2CC2)cc1O. The molecule has 0 aromatic heterocycles. The van der Waals surface area contributed by atoms with Gasteiger partial charge in [0.05, 0.1) is 19.8 Å². The van der Waals surface area contributed by atoms with Gasteiger partial charge in [0.2, 0.25) is 0 Å². The molecule has 5 nitrogen and oxygen atoms in total. The maximum atomic E-state index is 9.87. The molecule has 5 heteroatoms. The van der Waals surface area contributed by atoms with E-state index in [1.165, 1.54) is 20.0 Å². The number of nitrogens with zero attached hydrogens (tertiary/aromatic N) is 1. The van der Waals surface area contributed by atoms with Crippen molar-refractivity contribution in [1.82, 2.24) is 4.90 Å². The average molecular weight is 265 g/mol. The number of aromatic hydroxyl groups is 1. The van der Waals surface area contributed by atoms with Crippen LogP contribution in [-0.2, 0) is 4.74 Å². The van der Waals surface area contributed by atoms with E-state index in [0.717, 1.165) is 12.1 Å². The fourth-order valence-corrected chi connectivity index (χ4v) is 2.61. The van der Waals surface area contributed by atoms with Crippen molar-refractivity contribution in [1.29, 1.82) is 0 Å². The number of hydrogen-bond acceptors (Lipinski definition) is 5. The lowest BCUT2D eigenvalue weighted by Gasteiger charge is -2.23. The van der Waals surface area contributed by atoms with Crippen LogP contribution in [0.25, 0.3) is 0 Å². The van der Waals surface area contributed by atoms with Gasteiger partial charge in [-0.15, -0.1) is 0 Å². The smallest absolute Gasteiger partial charge is 0.160 e. The first-order valence-corrected chi connectivity index (χ1v) is 6.62. The summed E-state index contributed by atoms with van der Waals surface area (Å²) >= 11 is 0. The van der Waals surface area contributed by atoms with Crippen molar-refractivity contribution in [3.8, 4) is 11.5 Å². The van der Waals surface area contributed by atoms with Crippen molar-refractivity contribution >= 4 is 0 Å². The second kappa shape index (κ2) is 5.00. The van der Waals surface area contributed by atoms with Gasteiger partial charge in [-0.1, -0.05) is 6.07 Å². The molecule has 2 N–H and O–H groups in total. The molecule has 2 unspecified atom stereocenters. The van der Waals surface area contributed by atoms with E-state index in [1.807, 2.05) is 6.07 Å². The standard InChI is InChI=1S/C14H19NO4/c1-18-13-5-2-9(6-12(13)17)14-15(10-3-4-10)7-11(8-16)19-14/h2,5-6,10-11,14,16-17H,3-4,7-8H2,1H3. The number of benzene rings is 1. The van der Waals surface area contributed by atoms with E-state index in [2.05, 4.69) is 4.90 Å². The lowest BCUT2D eigenvalue weighted by atomic mass is 10.1. The maximum absolute atomic E-state index is 9.87. The van der Waals surface area contributed by atoms with Crippen LogP contribution in [0.15, 0.2) is 18.2 Å². The monoisotopic (exact) mass is 265 g/mol. The van der Waals surface area contributed by atoms with Gasteiger partial charge >= 0.3 is 0 Å². The summed E-state index contributed by atoms with van der Waals surface area (Å²) in [5, 5.41) is 19.1. The number of aliphatic hydroxyl groups excluding tert-OH is 1. The molecule has 0 radical (unpaired) electrons. The molecule has 1 aliphatic heterocycles. The first kappa shape index (κ1) is 12.7. The van der Waals surface area contributed by atoms with E-state index in [9.17, 15) is 10.2 Å². The molecule has 0 amide bonds. The minimum Gasteiger partial charge on any atom is -0.504 e. The highest BCUT2D eigenvalue weighted by molar-refractivity contribution is 5.42. The largest absolute Gasteiger partial charge is 0.504 e. The van der Waals surface area contributed by atoms with E-state index in [0.29, 0.717) is 11.8 Å². The summed E-state index contributed by atoms with van der Waals surface area (Å²) < 4.78 is 10.9. The Kier molecular flexibility index (Phi) is 3.35. The molecule has 1 aromatic carbocycles. The van der Waals surface area contributed by atoms with Crippen molar-refractivity contribution < 1.29 is 19.7 Å².